The fourth-order valence-corrected chi connectivity index (χ4v) is 1.58. The summed E-state index contributed by atoms with van der Waals surface area (Å²) < 4.78 is 0. The van der Waals surface area contributed by atoms with Crippen molar-refractivity contribution in [3.63, 3.8) is 0 Å². The number of aliphatic hydroxyl groups excluding tert-OH is 2. The topological polar surface area (TPSA) is 46.9 Å². The second kappa shape index (κ2) is 15.9. The summed E-state index contributed by atoms with van der Waals surface area (Å²) in [7, 11) is 2.21. The van der Waals surface area contributed by atoms with Crippen LogP contribution in [0.1, 0.15) is 47.0 Å². The number of likely N-dealkylation sites (N-methyl/N-ethyl adjacent to an activating group) is 1. The minimum absolute atomic E-state index is 0.115. The molecule has 0 radical (unpaired) electrons. The fraction of sp³-hybridized carbons (Fsp3) is 1.00. The Morgan fingerprint density at radius 1 is 1.05 bits per heavy atom. The summed E-state index contributed by atoms with van der Waals surface area (Å²) in [5.41, 5.74) is 0. The molecule has 1 rings (SSSR count). The van der Waals surface area contributed by atoms with Gasteiger partial charge in [0, 0.05) is 26.2 Å². The molecule has 1 unspecified atom stereocenters. The van der Waals surface area contributed by atoms with Crippen molar-refractivity contribution in [3.05, 3.63) is 0 Å². The highest BCUT2D eigenvalue weighted by Crippen LogP contribution is 2.00. The Bertz CT molecular complexity index is 153. The van der Waals surface area contributed by atoms with Crippen molar-refractivity contribution in [2.24, 2.45) is 0 Å². The van der Waals surface area contributed by atoms with Crippen LogP contribution in [0.2, 0.25) is 0 Å². The Hall–Kier alpha value is -0.160. The van der Waals surface area contributed by atoms with E-state index in [9.17, 15) is 0 Å². The molecule has 4 heteroatoms. The third kappa shape index (κ3) is 14.1. The van der Waals surface area contributed by atoms with Crippen molar-refractivity contribution in [1.29, 1.82) is 0 Å². The van der Waals surface area contributed by atoms with E-state index < -0.39 is 6.10 Å². The number of piperazine rings is 1. The van der Waals surface area contributed by atoms with E-state index in [0.717, 1.165) is 0 Å². The minimum atomic E-state index is -0.509. The Labute approximate surface area is 120 Å². The van der Waals surface area contributed by atoms with Crippen LogP contribution in [0.4, 0.5) is 0 Å². The number of hydrogen-bond donors (Lipinski definition) is 2. The summed E-state index contributed by atoms with van der Waals surface area (Å²) in [6, 6.07) is 0. The zero-order chi connectivity index (χ0) is 15.1. The molecule has 2 N–H and O–H groups in total. The van der Waals surface area contributed by atoms with Gasteiger partial charge in [0.05, 0.1) is 12.7 Å². The van der Waals surface area contributed by atoms with E-state index in [-0.39, 0.29) is 6.61 Å². The molecule has 1 fully saturated rings. The summed E-state index contributed by atoms with van der Waals surface area (Å²) in [5, 5.41) is 16.5. The van der Waals surface area contributed by atoms with Gasteiger partial charge in [-0.15, -0.1) is 0 Å². The summed E-state index contributed by atoms with van der Waals surface area (Å²) in [6.07, 6.45) is 2.82. The highest BCUT2D eigenvalue weighted by Gasteiger charge is 2.11. The molecule has 1 heterocycles. The van der Waals surface area contributed by atoms with Crippen LogP contribution in [0.25, 0.3) is 0 Å². The molecule has 1 saturated heterocycles. The van der Waals surface area contributed by atoms with Crippen molar-refractivity contribution in [1.82, 2.24) is 9.80 Å². The van der Waals surface area contributed by atoms with Gasteiger partial charge in [-0.05, 0) is 26.4 Å². The van der Waals surface area contributed by atoms with Gasteiger partial charge in [-0.25, -0.2) is 0 Å². The van der Waals surface area contributed by atoms with Crippen LogP contribution in [0, 0.1) is 0 Å². The van der Waals surface area contributed by atoms with Crippen LogP contribution in [-0.2, 0) is 0 Å². The van der Waals surface area contributed by atoms with Crippen LogP contribution in [-0.4, -0.2) is 72.5 Å². The van der Waals surface area contributed by atoms with Crippen molar-refractivity contribution in [2.45, 2.75) is 53.1 Å². The van der Waals surface area contributed by atoms with E-state index in [0.29, 0.717) is 6.42 Å². The van der Waals surface area contributed by atoms with Gasteiger partial charge in [0.25, 0.3) is 0 Å². The van der Waals surface area contributed by atoms with E-state index in [1.165, 1.54) is 45.6 Å². The number of hydrogen-bond acceptors (Lipinski definition) is 4. The summed E-state index contributed by atoms with van der Waals surface area (Å²) in [6.45, 7) is 14.3. The molecule has 19 heavy (non-hydrogen) atoms. The molecule has 118 valence electrons. The second-order valence-corrected chi connectivity index (χ2v) is 4.74. The fourth-order valence-electron chi connectivity index (χ4n) is 1.58. The zero-order valence-electron chi connectivity index (χ0n) is 13.7. The molecule has 0 amide bonds. The molecular formula is C15H36N2O2. The average molecular weight is 276 g/mol. The van der Waals surface area contributed by atoms with Gasteiger partial charge in [-0.1, -0.05) is 34.1 Å². The van der Waals surface area contributed by atoms with E-state index in [1.54, 1.807) is 0 Å². The van der Waals surface area contributed by atoms with Crippen LogP contribution < -0.4 is 0 Å². The van der Waals surface area contributed by atoms with Crippen molar-refractivity contribution in [3.8, 4) is 0 Å². The normalized spacial score (nSPS) is 17.8. The Morgan fingerprint density at radius 2 is 1.58 bits per heavy atom. The highest BCUT2D eigenvalue weighted by molar-refractivity contribution is 4.68. The monoisotopic (exact) mass is 276 g/mol. The SMILES string of the molecule is CC.CCC(O)CO.CCCCN1CCN(C)CC1. The molecule has 0 spiro atoms. The predicted molar refractivity (Wildman–Crippen MR) is 83.6 cm³/mol. The number of aliphatic hydroxyl groups is 2. The molecule has 0 aromatic heterocycles. The third-order valence-electron chi connectivity index (χ3n) is 3.11. The molecule has 1 aliphatic heterocycles. The number of unbranched alkanes of at least 4 members (excludes halogenated alkanes) is 1. The molecule has 1 aliphatic rings. The first-order valence-corrected chi connectivity index (χ1v) is 7.83. The van der Waals surface area contributed by atoms with E-state index in [1.807, 2.05) is 20.8 Å². The molecule has 0 saturated carbocycles. The van der Waals surface area contributed by atoms with Gasteiger partial charge in [-0.2, -0.15) is 0 Å². The maximum atomic E-state index is 8.42. The molecule has 4 nitrogen and oxygen atoms in total. The van der Waals surface area contributed by atoms with E-state index in [2.05, 4.69) is 23.8 Å². The van der Waals surface area contributed by atoms with Crippen LogP contribution in [0.5, 0.6) is 0 Å². The quantitative estimate of drug-likeness (QED) is 0.804. The van der Waals surface area contributed by atoms with Crippen LogP contribution in [0.15, 0.2) is 0 Å². The summed E-state index contributed by atoms with van der Waals surface area (Å²) in [4.78, 5) is 4.98. The first-order valence-electron chi connectivity index (χ1n) is 7.83. The lowest BCUT2D eigenvalue weighted by molar-refractivity contribution is 0.0923. The Morgan fingerprint density at radius 3 is 1.89 bits per heavy atom. The molecule has 1 atom stereocenters. The maximum absolute atomic E-state index is 8.42. The van der Waals surface area contributed by atoms with Gasteiger partial charge in [0.1, 0.15) is 0 Å². The summed E-state index contributed by atoms with van der Waals surface area (Å²) >= 11 is 0. The third-order valence-corrected chi connectivity index (χ3v) is 3.11. The maximum Gasteiger partial charge on any atom is 0.0768 e. The molecule has 0 bridgehead atoms. The van der Waals surface area contributed by atoms with Crippen molar-refractivity contribution >= 4 is 0 Å². The zero-order valence-corrected chi connectivity index (χ0v) is 13.7. The largest absolute Gasteiger partial charge is 0.394 e. The van der Waals surface area contributed by atoms with Crippen molar-refractivity contribution in [2.75, 3.05) is 46.4 Å². The second-order valence-electron chi connectivity index (χ2n) is 4.74. The molecule has 0 aliphatic carbocycles. The average Bonchev–Trinajstić information content (AvgIpc) is 2.48. The first-order chi connectivity index (χ1) is 9.13. The lowest BCUT2D eigenvalue weighted by Gasteiger charge is -2.32. The van der Waals surface area contributed by atoms with Crippen LogP contribution >= 0.6 is 0 Å². The lowest BCUT2D eigenvalue weighted by atomic mass is 10.3. The van der Waals surface area contributed by atoms with Crippen molar-refractivity contribution < 1.29 is 10.2 Å². The van der Waals surface area contributed by atoms with Gasteiger partial charge in [0.15, 0.2) is 0 Å². The highest BCUT2D eigenvalue weighted by atomic mass is 16.3. The van der Waals surface area contributed by atoms with E-state index >= 15 is 0 Å². The smallest absolute Gasteiger partial charge is 0.0768 e. The minimum Gasteiger partial charge on any atom is -0.394 e. The Balaban J connectivity index is 0. The van der Waals surface area contributed by atoms with Crippen LogP contribution in [0.3, 0.4) is 0 Å². The Kier molecular flexibility index (Phi) is 17.7. The predicted octanol–water partition coefficient (Wildman–Crippen LogP) is 1.81. The molecular weight excluding hydrogens is 240 g/mol. The summed E-state index contributed by atoms with van der Waals surface area (Å²) in [5.74, 6) is 0. The first kappa shape index (κ1) is 21.1. The molecule has 0 aromatic carbocycles. The van der Waals surface area contributed by atoms with Gasteiger partial charge in [-0.3, -0.25) is 0 Å². The number of nitrogens with zero attached hydrogens (tertiary/aromatic N) is 2. The number of rotatable bonds is 5. The van der Waals surface area contributed by atoms with Gasteiger partial charge < -0.3 is 20.0 Å². The lowest BCUT2D eigenvalue weighted by Crippen LogP contribution is -2.44. The molecule has 0 aromatic rings. The standard InChI is InChI=1S/C9H20N2.C4H10O2.C2H6/c1-3-4-5-11-8-6-10(2)7-9-11;1-2-4(6)3-5;1-2/h3-9H2,1-2H3;4-6H,2-3H2,1H3;1-2H3. The van der Waals surface area contributed by atoms with E-state index in [4.69, 9.17) is 10.2 Å². The van der Waals surface area contributed by atoms with Gasteiger partial charge in [0.2, 0.25) is 0 Å². The van der Waals surface area contributed by atoms with Gasteiger partial charge >= 0.3 is 0 Å².